The van der Waals surface area contributed by atoms with Crippen molar-refractivity contribution in [3.05, 3.63) is 91.4 Å². The number of rotatable bonds is 7. The van der Waals surface area contributed by atoms with Crippen molar-refractivity contribution >= 4 is 85.6 Å². The van der Waals surface area contributed by atoms with Crippen LogP contribution in [0.5, 0.6) is 0 Å². The highest BCUT2D eigenvalue weighted by Gasteiger charge is 2.36. The van der Waals surface area contributed by atoms with Gasteiger partial charge in [0.15, 0.2) is 0 Å². The number of benzene rings is 1. The van der Waals surface area contributed by atoms with E-state index in [9.17, 15) is 9.59 Å². The molecule has 9 nitrogen and oxygen atoms in total. The number of nitrogens with zero attached hydrogens (tertiary/aromatic N) is 5. The Labute approximate surface area is 284 Å². The van der Waals surface area contributed by atoms with Gasteiger partial charge < -0.3 is 9.68 Å². The maximum atomic E-state index is 12.6. The number of carbonyl (C=O) groups is 2. The van der Waals surface area contributed by atoms with Crippen molar-refractivity contribution in [2.45, 2.75) is 52.7 Å². The molecule has 0 spiro atoms. The zero-order valence-corrected chi connectivity index (χ0v) is 29.4. The Morgan fingerprint density at radius 3 is 1.57 bits per heavy atom. The normalized spacial score (nSPS) is 13.8. The van der Waals surface area contributed by atoms with Crippen molar-refractivity contribution in [3.63, 3.8) is 0 Å². The second-order valence-corrected chi connectivity index (χ2v) is 13.6. The van der Waals surface area contributed by atoms with Crippen LogP contribution in [-0.2, 0) is 9.68 Å². The van der Waals surface area contributed by atoms with Crippen LogP contribution in [0.2, 0.25) is 20.1 Å². The Morgan fingerprint density at radius 2 is 1.18 bits per heavy atom. The summed E-state index contributed by atoms with van der Waals surface area (Å²) in [6.45, 7) is 11.1. The average Bonchev–Trinajstić information content (AvgIpc) is 3.16. The van der Waals surface area contributed by atoms with Gasteiger partial charge in [-0.3, -0.25) is 24.5 Å². The number of amides is 2. The first-order valence-electron chi connectivity index (χ1n) is 13.1. The molecule has 44 heavy (non-hydrogen) atoms. The van der Waals surface area contributed by atoms with Gasteiger partial charge in [0.1, 0.15) is 34.0 Å². The first kappa shape index (κ1) is 35.7. The molecule has 0 fully saturated rings. The lowest BCUT2D eigenvalue weighted by Gasteiger charge is -2.19. The minimum absolute atomic E-state index is 0.128. The fourth-order valence-corrected chi connectivity index (χ4v) is 4.79. The molecule has 1 aliphatic heterocycles. The van der Waals surface area contributed by atoms with Crippen molar-refractivity contribution in [2.24, 2.45) is 10.3 Å². The van der Waals surface area contributed by atoms with Gasteiger partial charge >= 0.3 is 0 Å². The van der Waals surface area contributed by atoms with Gasteiger partial charge in [0, 0.05) is 12.4 Å². The fourth-order valence-electron chi connectivity index (χ4n) is 3.45. The van der Waals surface area contributed by atoms with Crippen LogP contribution in [0, 0.1) is 0 Å². The summed E-state index contributed by atoms with van der Waals surface area (Å²) in [7, 11) is 0. The molecule has 1 aliphatic rings. The molecule has 14 heteroatoms. The van der Waals surface area contributed by atoms with Crippen molar-refractivity contribution < 1.29 is 19.3 Å². The summed E-state index contributed by atoms with van der Waals surface area (Å²) < 4.78 is 0. The van der Waals surface area contributed by atoms with Gasteiger partial charge in [-0.1, -0.05) is 84.8 Å². The Bertz CT molecular complexity index is 1570. The molecule has 0 saturated heterocycles. The van der Waals surface area contributed by atoms with Gasteiger partial charge in [-0.15, -0.1) is 0 Å². The SMILES string of the molecule is CC(C)(C)ON=C(CBr)c1ncc(Cl)cc1Cl.CC(C)(C)ON=C(CN1C(=O)c2ccccc2C1=O)c1ncc(Cl)cc1Cl. The Kier molecular flexibility index (Phi) is 12.2. The lowest BCUT2D eigenvalue weighted by atomic mass is 10.1. The summed E-state index contributed by atoms with van der Waals surface area (Å²) in [5.74, 6) is -0.798. The summed E-state index contributed by atoms with van der Waals surface area (Å²) in [6, 6.07) is 9.80. The van der Waals surface area contributed by atoms with E-state index in [0.717, 1.165) is 4.90 Å². The van der Waals surface area contributed by atoms with E-state index in [-0.39, 0.29) is 22.9 Å². The Balaban J connectivity index is 0.000000269. The highest BCUT2D eigenvalue weighted by atomic mass is 79.9. The van der Waals surface area contributed by atoms with Crippen LogP contribution >= 0.6 is 62.3 Å². The van der Waals surface area contributed by atoms with Crippen LogP contribution in [0.15, 0.2) is 59.1 Å². The Hall–Kier alpha value is -2.76. The number of fused-ring (bicyclic) bond motifs is 1. The quantitative estimate of drug-likeness (QED) is 0.104. The molecule has 234 valence electrons. The van der Waals surface area contributed by atoms with E-state index in [1.807, 2.05) is 41.5 Å². The monoisotopic (exact) mass is 743 g/mol. The van der Waals surface area contributed by atoms with E-state index in [1.54, 1.807) is 30.3 Å². The summed E-state index contributed by atoms with van der Waals surface area (Å²) in [4.78, 5) is 45.6. The maximum absolute atomic E-state index is 12.6. The first-order valence-corrected chi connectivity index (χ1v) is 15.8. The van der Waals surface area contributed by atoms with E-state index in [1.165, 1.54) is 18.5 Å². The van der Waals surface area contributed by atoms with Crippen molar-refractivity contribution in [1.82, 2.24) is 14.9 Å². The van der Waals surface area contributed by atoms with E-state index in [2.05, 4.69) is 36.2 Å². The van der Waals surface area contributed by atoms with Gasteiger partial charge in [0.25, 0.3) is 11.8 Å². The Morgan fingerprint density at radius 1 is 0.773 bits per heavy atom. The number of aromatic nitrogens is 2. The van der Waals surface area contributed by atoms with E-state index >= 15 is 0 Å². The molecule has 0 radical (unpaired) electrons. The second kappa shape index (κ2) is 15.0. The standard InChI is InChI=1S/C19H17Cl2N3O3.C11H13BrCl2N2O/c1-19(2,3)27-23-15(16-14(21)8-11(20)9-22-16)10-24-17(25)12-6-4-5-7-13(12)18(24)26;1-11(2,3)17-16-9(5-12)10-8(14)4-7(13)6-15-10/h4-9H,10H2,1-3H3;4,6H,5H2,1-3H3. The molecule has 0 N–H and O–H groups in total. The molecule has 1 aromatic carbocycles. The van der Waals surface area contributed by atoms with Crippen molar-refractivity contribution in [2.75, 3.05) is 11.9 Å². The van der Waals surface area contributed by atoms with Crippen LogP contribution in [0.4, 0.5) is 0 Å². The summed E-state index contributed by atoms with van der Waals surface area (Å²) in [5.41, 5.74) is 1.52. The fraction of sp³-hybridized carbons (Fsp3) is 0.333. The molecule has 0 saturated carbocycles. The third kappa shape index (κ3) is 9.87. The van der Waals surface area contributed by atoms with Gasteiger partial charge in [0.2, 0.25) is 0 Å². The van der Waals surface area contributed by atoms with E-state index in [0.29, 0.717) is 48.6 Å². The molecule has 2 aromatic heterocycles. The maximum Gasteiger partial charge on any atom is 0.261 e. The lowest BCUT2D eigenvalue weighted by molar-refractivity contribution is 0.000364. The molecular weight excluding hydrogens is 716 g/mol. The minimum Gasteiger partial charge on any atom is -0.390 e. The molecule has 3 aromatic rings. The number of oxime groups is 2. The number of carbonyl (C=O) groups excluding carboxylic acids is 2. The summed E-state index contributed by atoms with van der Waals surface area (Å²) in [6.07, 6.45) is 2.94. The molecule has 0 atom stereocenters. The molecule has 2 amide bonds. The largest absolute Gasteiger partial charge is 0.390 e. The van der Waals surface area contributed by atoms with Crippen molar-refractivity contribution in [3.8, 4) is 0 Å². The lowest BCUT2D eigenvalue weighted by Crippen LogP contribution is -2.36. The van der Waals surface area contributed by atoms with Crippen LogP contribution in [0.1, 0.15) is 73.6 Å². The number of pyridine rings is 2. The summed E-state index contributed by atoms with van der Waals surface area (Å²) in [5, 5.41) is 10.2. The molecule has 0 bridgehead atoms. The van der Waals surface area contributed by atoms with Gasteiger partial charge in [0.05, 0.1) is 43.1 Å². The zero-order valence-electron chi connectivity index (χ0n) is 24.8. The predicted molar refractivity (Wildman–Crippen MR) is 179 cm³/mol. The number of halogens is 5. The van der Waals surface area contributed by atoms with Gasteiger partial charge in [-0.2, -0.15) is 0 Å². The van der Waals surface area contributed by atoms with E-state index < -0.39 is 17.4 Å². The highest BCUT2D eigenvalue weighted by molar-refractivity contribution is 9.09. The third-order valence-corrected chi connectivity index (χ3v) is 6.86. The van der Waals surface area contributed by atoms with Crippen LogP contribution < -0.4 is 0 Å². The number of alkyl halides is 1. The van der Waals surface area contributed by atoms with Crippen LogP contribution in [-0.4, -0.2) is 61.2 Å². The van der Waals surface area contributed by atoms with Crippen LogP contribution in [0.25, 0.3) is 0 Å². The molecular formula is C30H30BrCl4N5O4. The number of hydrogen-bond acceptors (Lipinski definition) is 8. The number of hydrogen-bond donors (Lipinski definition) is 0. The predicted octanol–water partition coefficient (Wildman–Crippen LogP) is 8.51. The van der Waals surface area contributed by atoms with Gasteiger partial charge in [-0.25, -0.2) is 0 Å². The smallest absolute Gasteiger partial charge is 0.261 e. The second-order valence-electron chi connectivity index (χ2n) is 11.3. The minimum atomic E-state index is -0.577. The van der Waals surface area contributed by atoms with E-state index in [4.69, 9.17) is 56.1 Å². The zero-order chi connectivity index (χ0) is 32.8. The van der Waals surface area contributed by atoms with Crippen LogP contribution in [0.3, 0.4) is 0 Å². The molecule has 0 unspecified atom stereocenters. The molecule has 4 rings (SSSR count). The molecule has 3 heterocycles. The average molecular weight is 746 g/mol. The summed E-state index contributed by atoms with van der Waals surface area (Å²) >= 11 is 27.3. The number of imide groups is 1. The third-order valence-electron chi connectivity index (χ3n) is 5.33. The van der Waals surface area contributed by atoms with Crippen molar-refractivity contribution in [1.29, 1.82) is 0 Å². The highest BCUT2D eigenvalue weighted by Crippen LogP contribution is 2.25. The first-order chi connectivity index (χ1) is 20.5. The molecule has 0 aliphatic carbocycles. The topological polar surface area (TPSA) is 106 Å². The van der Waals surface area contributed by atoms with Gasteiger partial charge in [-0.05, 0) is 65.8 Å².